The van der Waals surface area contributed by atoms with Gasteiger partial charge in [-0.1, -0.05) is 24.6 Å². The Bertz CT molecular complexity index is 460. The topological polar surface area (TPSA) is 28.7 Å². The molecule has 1 heterocycles. The van der Waals surface area contributed by atoms with Crippen molar-refractivity contribution in [3.63, 3.8) is 0 Å². The molecule has 2 aromatic rings. The number of halogens is 1. The summed E-state index contributed by atoms with van der Waals surface area (Å²) in [6, 6.07) is 4.04. The van der Waals surface area contributed by atoms with Gasteiger partial charge < -0.3 is 4.98 Å². The lowest BCUT2D eigenvalue weighted by atomic mass is 10.2. The molecule has 2 rings (SSSR count). The Balaban J connectivity index is 2.59. The zero-order chi connectivity index (χ0) is 10.1. The van der Waals surface area contributed by atoms with Gasteiger partial charge in [-0.3, -0.25) is 0 Å². The molecule has 1 aromatic heterocycles. The number of aryl methyl sites for hydroxylation is 2. The first-order valence-corrected chi connectivity index (χ1v) is 5.24. The largest absolute Gasteiger partial charge is 0.342 e. The smallest absolute Gasteiger partial charge is 0.107 e. The molecule has 74 valence electrons. The molecular formula is C11H13ClN2. The highest BCUT2D eigenvalue weighted by atomic mass is 35.5. The zero-order valence-electron chi connectivity index (χ0n) is 8.39. The molecular weight excluding hydrogens is 196 g/mol. The highest BCUT2D eigenvalue weighted by Crippen LogP contribution is 2.25. The van der Waals surface area contributed by atoms with Crippen LogP contribution in [0.2, 0.25) is 5.02 Å². The van der Waals surface area contributed by atoms with Crippen molar-refractivity contribution in [2.24, 2.45) is 0 Å². The van der Waals surface area contributed by atoms with Gasteiger partial charge in [0.15, 0.2) is 0 Å². The lowest BCUT2D eigenvalue weighted by Crippen LogP contribution is -1.84. The molecule has 0 spiro atoms. The second-order valence-corrected chi connectivity index (χ2v) is 3.90. The SMILES string of the molecule is CCCc1nc2c(Cl)c(C)ccc2[nH]1. The van der Waals surface area contributed by atoms with Gasteiger partial charge in [0.2, 0.25) is 0 Å². The number of nitrogens with one attached hydrogen (secondary N) is 1. The monoisotopic (exact) mass is 208 g/mol. The van der Waals surface area contributed by atoms with Crippen molar-refractivity contribution in [2.75, 3.05) is 0 Å². The number of imidazole rings is 1. The van der Waals surface area contributed by atoms with E-state index in [2.05, 4.69) is 16.9 Å². The summed E-state index contributed by atoms with van der Waals surface area (Å²) in [5.74, 6) is 1.02. The third-order valence-corrected chi connectivity index (χ3v) is 2.80. The van der Waals surface area contributed by atoms with Crippen molar-refractivity contribution < 1.29 is 0 Å². The van der Waals surface area contributed by atoms with E-state index in [1.807, 2.05) is 19.1 Å². The van der Waals surface area contributed by atoms with E-state index < -0.39 is 0 Å². The third-order valence-electron chi connectivity index (χ3n) is 2.32. The van der Waals surface area contributed by atoms with Crippen LogP contribution in [0.5, 0.6) is 0 Å². The van der Waals surface area contributed by atoms with Crippen LogP contribution >= 0.6 is 11.6 Å². The van der Waals surface area contributed by atoms with Crippen LogP contribution in [0.1, 0.15) is 24.7 Å². The molecule has 0 bridgehead atoms. The zero-order valence-corrected chi connectivity index (χ0v) is 9.15. The first kappa shape index (κ1) is 9.53. The summed E-state index contributed by atoms with van der Waals surface area (Å²) in [4.78, 5) is 7.74. The number of nitrogens with zero attached hydrogens (tertiary/aromatic N) is 1. The van der Waals surface area contributed by atoms with E-state index in [1.165, 1.54) is 0 Å². The van der Waals surface area contributed by atoms with E-state index in [-0.39, 0.29) is 0 Å². The van der Waals surface area contributed by atoms with Gasteiger partial charge in [0, 0.05) is 6.42 Å². The summed E-state index contributed by atoms with van der Waals surface area (Å²) in [6.07, 6.45) is 2.07. The van der Waals surface area contributed by atoms with E-state index in [0.29, 0.717) is 0 Å². The molecule has 0 aliphatic heterocycles. The summed E-state index contributed by atoms with van der Waals surface area (Å²) in [5.41, 5.74) is 3.01. The van der Waals surface area contributed by atoms with Gasteiger partial charge in [0.05, 0.1) is 10.5 Å². The standard InChI is InChI=1S/C11H13ClN2/c1-3-4-9-13-8-6-5-7(2)10(12)11(8)14-9/h5-6H,3-4H2,1-2H3,(H,13,14). The Kier molecular flexibility index (Phi) is 2.46. The van der Waals surface area contributed by atoms with Crippen LogP contribution in [0.25, 0.3) is 11.0 Å². The lowest BCUT2D eigenvalue weighted by Gasteiger charge is -1.95. The van der Waals surface area contributed by atoms with E-state index in [0.717, 1.165) is 40.3 Å². The number of hydrogen-bond acceptors (Lipinski definition) is 1. The van der Waals surface area contributed by atoms with Gasteiger partial charge in [-0.15, -0.1) is 0 Å². The summed E-state index contributed by atoms with van der Waals surface area (Å²) < 4.78 is 0. The molecule has 14 heavy (non-hydrogen) atoms. The molecule has 1 aromatic carbocycles. The summed E-state index contributed by atoms with van der Waals surface area (Å²) in [5, 5.41) is 0.765. The summed E-state index contributed by atoms with van der Waals surface area (Å²) >= 11 is 6.16. The van der Waals surface area contributed by atoms with Crippen LogP contribution in [-0.4, -0.2) is 9.97 Å². The predicted octanol–water partition coefficient (Wildman–Crippen LogP) is 3.48. The second kappa shape index (κ2) is 3.62. The molecule has 0 aliphatic carbocycles. The molecule has 0 radical (unpaired) electrons. The fourth-order valence-corrected chi connectivity index (χ4v) is 1.76. The van der Waals surface area contributed by atoms with Crippen LogP contribution in [0.3, 0.4) is 0 Å². The van der Waals surface area contributed by atoms with Gasteiger partial charge in [-0.2, -0.15) is 0 Å². The fourth-order valence-electron chi connectivity index (χ4n) is 1.55. The Hall–Kier alpha value is -1.02. The van der Waals surface area contributed by atoms with Gasteiger partial charge in [0.25, 0.3) is 0 Å². The predicted molar refractivity (Wildman–Crippen MR) is 59.8 cm³/mol. The minimum atomic E-state index is 0.765. The average molecular weight is 209 g/mol. The third kappa shape index (κ3) is 1.50. The van der Waals surface area contributed by atoms with Gasteiger partial charge >= 0.3 is 0 Å². The molecule has 0 atom stereocenters. The van der Waals surface area contributed by atoms with Crippen LogP contribution in [0, 0.1) is 6.92 Å². The number of H-pyrrole nitrogens is 1. The number of benzene rings is 1. The van der Waals surface area contributed by atoms with Crippen LogP contribution in [-0.2, 0) is 6.42 Å². The quantitative estimate of drug-likeness (QED) is 0.805. The highest BCUT2D eigenvalue weighted by molar-refractivity contribution is 6.35. The second-order valence-electron chi connectivity index (χ2n) is 3.53. The first-order chi connectivity index (χ1) is 6.72. The van der Waals surface area contributed by atoms with Crippen LogP contribution in [0.4, 0.5) is 0 Å². The Morgan fingerprint density at radius 2 is 2.21 bits per heavy atom. The van der Waals surface area contributed by atoms with E-state index in [9.17, 15) is 0 Å². The first-order valence-electron chi connectivity index (χ1n) is 4.86. The number of fused-ring (bicyclic) bond motifs is 1. The number of aromatic amines is 1. The van der Waals surface area contributed by atoms with Crippen molar-refractivity contribution in [1.82, 2.24) is 9.97 Å². The van der Waals surface area contributed by atoms with Gasteiger partial charge in [0.1, 0.15) is 11.3 Å². The maximum absolute atomic E-state index is 6.16. The van der Waals surface area contributed by atoms with E-state index in [4.69, 9.17) is 11.6 Å². The number of hydrogen-bond donors (Lipinski definition) is 1. The minimum absolute atomic E-state index is 0.765. The molecule has 0 saturated heterocycles. The van der Waals surface area contributed by atoms with Crippen molar-refractivity contribution in [1.29, 1.82) is 0 Å². The van der Waals surface area contributed by atoms with Gasteiger partial charge in [-0.25, -0.2) is 4.98 Å². The number of aromatic nitrogens is 2. The van der Waals surface area contributed by atoms with Crippen LogP contribution in [0.15, 0.2) is 12.1 Å². The molecule has 2 nitrogen and oxygen atoms in total. The lowest BCUT2D eigenvalue weighted by molar-refractivity contribution is 0.861. The minimum Gasteiger partial charge on any atom is -0.342 e. The Morgan fingerprint density at radius 1 is 1.43 bits per heavy atom. The molecule has 0 saturated carbocycles. The molecule has 1 N–H and O–H groups in total. The van der Waals surface area contributed by atoms with Gasteiger partial charge in [-0.05, 0) is 25.0 Å². The number of rotatable bonds is 2. The highest BCUT2D eigenvalue weighted by Gasteiger charge is 2.07. The Labute approximate surface area is 88.3 Å². The molecule has 0 amide bonds. The van der Waals surface area contributed by atoms with Crippen molar-refractivity contribution in [3.8, 4) is 0 Å². The van der Waals surface area contributed by atoms with Crippen molar-refractivity contribution in [3.05, 3.63) is 28.5 Å². The molecule has 0 unspecified atom stereocenters. The summed E-state index contributed by atoms with van der Waals surface area (Å²) in [7, 11) is 0. The normalized spacial score (nSPS) is 11.1. The maximum atomic E-state index is 6.16. The molecule has 3 heteroatoms. The fraction of sp³-hybridized carbons (Fsp3) is 0.364. The van der Waals surface area contributed by atoms with Crippen molar-refractivity contribution in [2.45, 2.75) is 26.7 Å². The molecule has 0 aliphatic rings. The van der Waals surface area contributed by atoms with Crippen molar-refractivity contribution >= 4 is 22.6 Å². The molecule has 0 fully saturated rings. The van der Waals surface area contributed by atoms with Crippen LogP contribution < -0.4 is 0 Å². The Morgan fingerprint density at radius 3 is 2.93 bits per heavy atom. The van der Waals surface area contributed by atoms with E-state index in [1.54, 1.807) is 0 Å². The maximum Gasteiger partial charge on any atom is 0.107 e. The van der Waals surface area contributed by atoms with E-state index >= 15 is 0 Å². The summed E-state index contributed by atoms with van der Waals surface area (Å²) in [6.45, 7) is 4.13. The average Bonchev–Trinajstić information content (AvgIpc) is 2.56.